The molecule has 0 atom stereocenters. The first kappa shape index (κ1) is 18.2. The van der Waals surface area contributed by atoms with Crippen molar-refractivity contribution in [2.45, 2.75) is 27.3 Å². The van der Waals surface area contributed by atoms with Gasteiger partial charge in [0.1, 0.15) is 23.2 Å². The zero-order valence-corrected chi connectivity index (χ0v) is 16.4. The highest BCUT2D eigenvalue weighted by atomic mass is 16.5. The van der Waals surface area contributed by atoms with Crippen LogP contribution in [0, 0.1) is 20.8 Å². The number of piperazine rings is 1. The Kier molecular flexibility index (Phi) is 5.27. The SMILES string of the molecule is Cc1nc(N2CCOCC2)cc(N2CCN(Cc3c(C)noc3C)CC2)n1. The number of rotatable bonds is 4. The van der Waals surface area contributed by atoms with E-state index in [4.69, 9.17) is 14.2 Å². The number of nitrogens with zero attached hydrogens (tertiary/aromatic N) is 6. The van der Waals surface area contributed by atoms with Crippen LogP contribution in [0.4, 0.5) is 11.6 Å². The maximum Gasteiger partial charge on any atom is 0.138 e. The van der Waals surface area contributed by atoms with E-state index in [1.165, 1.54) is 5.56 Å². The summed E-state index contributed by atoms with van der Waals surface area (Å²) in [5, 5.41) is 4.07. The Morgan fingerprint density at radius 3 is 2.11 bits per heavy atom. The summed E-state index contributed by atoms with van der Waals surface area (Å²) in [5.41, 5.74) is 2.22. The predicted octanol–water partition coefficient (Wildman–Crippen LogP) is 1.55. The number of ether oxygens (including phenoxy) is 1. The van der Waals surface area contributed by atoms with Crippen LogP contribution in [0.25, 0.3) is 0 Å². The second kappa shape index (κ2) is 7.82. The lowest BCUT2D eigenvalue weighted by molar-refractivity contribution is 0.122. The Labute approximate surface area is 160 Å². The van der Waals surface area contributed by atoms with Gasteiger partial charge in [-0.1, -0.05) is 5.16 Å². The maximum atomic E-state index is 5.46. The quantitative estimate of drug-likeness (QED) is 0.801. The molecule has 27 heavy (non-hydrogen) atoms. The molecule has 4 rings (SSSR count). The van der Waals surface area contributed by atoms with Crippen LogP contribution in [0.5, 0.6) is 0 Å². The minimum absolute atomic E-state index is 0.763. The van der Waals surface area contributed by atoms with Crippen molar-refractivity contribution in [1.29, 1.82) is 0 Å². The van der Waals surface area contributed by atoms with Crippen molar-refractivity contribution in [2.24, 2.45) is 0 Å². The number of morpholine rings is 1. The van der Waals surface area contributed by atoms with E-state index in [2.05, 4.69) is 30.9 Å². The molecule has 2 aliphatic heterocycles. The normalized spacial score (nSPS) is 18.9. The van der Waals surface area contributed by atoms with E-state index < -0.39 is 0 Å². The minimum Gasteiger partial charge on any atom is -0.378 e. The molecule has 0 amide bonds. The first-order chi connectivity index (χ1) is 13.1. The van der Waals surface area contributed by atoms with E-state index in [0.29, 0.717) is 0 Å². The predicted molar refractivity (Wildman–Crippen MR) is 103 cm³/mol. The molecule has 146 valence electrons. The van der Waals surface area contributed by atoms with E-state index in [-0.39, 0.29) is 0 Å². The van der Waals surface area contributed by atoms with Crippen molar-refractivity contribution in [3.8, 4) is 0 Å². The van der Waals surface area contributed by atoms with Gasteiger partial charge in [0.2, 0.25) is 0 Å². The van der Waals surface area contributed by atoms with Gasteiger partial charge < -0.3 is 19.1 Å². The molecule has 0 radical (unpaired) electrons. The Morgan fingerprint density at radius 1 is 0.889 bits per heavy atom. The van der Waals surface area contributed by atoms with Crippen LogP contribution in [0.3, 0.4) is 0 Å². The summed E-state index contributed by atoms with van der Waals surface area (Å²) in [6, 6.07) is 2.13. The molecule has 2 aromatic rings. The molecule has 0 spiro atoms. The molecule has 8 heteroatoms. The molecule has 0 N–H and O–H groups in total. The second-order valence-corrected chi connectivity index (χ2v) is 7.30. The summed E-state index contributed by atoms with van der Waals surface area (Å²) in [7, 11) is 0. The number of aromatic nitrogens is 3. The van der Waals surface area contributed by atoms with Crippen LogP contribution in [0.2, 0.25) is 0 Å². The van der Waals surface area contributed by atoms with Gasteiger partial charge in [-0.3, -0.25) is 4.90 Å². The Balaban J connectivity index is 1.41. The van der Waals surface area contributed by atoms with Crippen LogP contribution in [-0.4, -0.2) is 72.5 Å². The first-order valence-corrected chi connectivity index (χ1v) is 9.67. The van der Waals surface area contributed by atoms with Gasteiger partial charge in [0.15, 0.2) is 0 Å². The van der Waals surface area contributed by atoms with Crippen LogP contribution >= 0.6 is 0 Å². The minimum atomic E-state index is 0.763. The van der Waals surface area contributed by atoms with Crippen molar-refractivity contribution < 1.29 is 9.26 Å². The highest BCUT2D eigenvalue weighted by molar-refractivity contribution is 5.51. The van der Waals surface area contributed by atoms with Crippen molar-refractivity contribution >= 4 is 11.6 Å². The molecular formula is C19H28N6O2. The zero-order chi connectivity index (χ0) is 18.8. The Morgan fingerprint density at radius 2 is 1.52 bits per heavy atom. The number of aryl methyl sites for hydroxylation is 3. The smallest absolute Gasteiger partial charge is 0.138 e. The summed E-state index contributed by atoms with van der Waals surface area (Å²) in [5.74, 6) is 3.79. The van der Waals surface area contributed by atoms with E-state index in [1.54, 1.807) is 0 Å². The third kappa shape index (κ3) is 4.06. The van der Waals surface area contributed by atoms with Gasteiger partial charge in [0.05, 0.1) is 18.9 Å². The molecule has 0 unspecified atom stereocenters. The third-order valence-corrected chi connectivity index (χ3v) is 5.41. The molecule has 0 aliphatic carbocycles. The molecule has 8 nitrogen and oxygen atoms in total. The summed E-state index contributed by atoms with van der Waals surface area (Å²) in [4.78, 5) is 16.4. The molecule has 2 aromatic heterocycles. The molecule has 0 aromatic carbocycles. The van der Waals surface area contributed by atoms with E-state index in [9.17, 15) is 0 Å². The second-order valence-electron chi connectivity index (χ2n) is 7.30. The van der Waals surface area contributed by atoms with Gasteiger partial charge in [-0.2, -0.15) is 0 Å². The van der Waals surface area contributed by atoms with Crippen molar-refractivity contribution in [3.05, 3.63) is 28.9 Å². The topological polar surface area (TPSA) is 70.8 Å². The molecule has 0 bridgehead atoms. The maximum absolute atomic E-state index is 5.46. The van der Waals surface area contributed by atoms with Gasteiger partial charge in [0, 0.05) is 57.4 Å². The lowest BCUT2D eigenvalue weighted by Crippen LogP contribution is -2.46. The zero-order valence-electron chi connectivity index (χ0n) is 16.4. The Hall–Kier alpha value is -2.19. The van der Waals surface area contributed by atoms with E-state index in [1.807, 2.05) is 20.8 Å². The highest BCUT2D eigenvalue weighted by Gasteiger charge is 2.22. The summed E-state index contributed by atoms with van der Waals surface area (Å²) < 4.78 is 10.8. The number of hydrogen-bond acceptors (Lipinski definition) is 8. The lowest BCUT2D eigenvalue weighted by Gasteiger charge is -2.36. The fourth-order valence-corrected chi connectivity index (χ4v) is 3.74. The van der Waals surface area contributed by atoms with E-state index in [0.717, 1.165) is 87.9 Å². The fourth-order valence-electron chi connectivity index (χ4n) is 3.74. The Bertz CT molecular complexity index is 759. The first-order valence-electron chi connectivity index (χ1n) is 9.67. The molecule has 4 heterocycles. The van der Waals surface area contributed by atoms with Crippen LogP contribution < -0.4 is 9.80 Å². The van der Waals surface area contributed by atoms with E-state index >= 15 is 0 Å². The molecule has 2 aliphatic rings. The van der Waals surface area contributed by atoms with Gasteiger partial charge in [-0.05, 0) is 20.8 Å². The summed E-state index contributed by atoms with van der Waals surface area (Å²) in [6.45, 7) is 14.1. The van der Waals surface area contributed by atoms with Crippen LogP contribution in [-0.2, 0) is 11.3 Å². The standard InChI is InChI=1S/C19H28N6O2/c1-14-17(15(2)27-22-14)13-23-4-6-24(7-5-23)18-12-19(21-16(3)20-18)25-8-10-26-11-9-25/h12H,4-11,13H2,1-3H3. The lowest BCUT2D eigenvalue weighted by atomic mass is 10.2. The van der Waals surface area contributed by atoms with Crippen molar-refractivity contribution in [1.82, 2.24) is 20.0 Å². The largest absolute Gasteiger partial charge is 0.378 e. The molecular weight excluding hydrogens is 344 g/mol. The van der Waals surface area contributed by atoms with Gasteiger partial charge in [-0.25, -0.2) is 9.97 Å². The van der Waals surface area contributed by atoms with Gasteiger partial charge in [0.25, 0.3) is 0 Å². The van der Waals surface area contributed by atoms with Crippen LogP contribution in [0.15, 0.2) is 10.6 Å². The number of anilines is 2. The van der Waals surface area contributed by atoms with Gasteiger partial charge >= 0.3 is 0 Å². The summed E-state index contributed by atoms with van der Waals surface area (Å²) in [6.07, 6.45) is 0. The fraction of sp³-hybridized carbons (Fsp3) is 0.632. The highest BCUT2D eigenvalue weighted by Crippen LogP contribution is 2.22. The monoisotopic (exact) mass is 372 g/mol. The summed E-state index contributed by atoms with van der Waals surface area (Å²) >= 11 is 0. The van der Waals surface area contributed by atoms with Gasteiger partial charge in [-0.15, -0.1) is 0 Å². The average Bonchev–Trinajstić information content (AvgIpc) is 3.01. The third-order valence-electron chi connectivity index (χ3n) is 5.41. The van der Waals surface area contributed by atoms with Crippen molar-refractivity contribution in [3.63, 3.8) is 0 Å². The van der Waals surface area contributed by atoms with Crippen LogP contribution in [0.1, 0.15) is 22.8 Å². The molecule has 2 fully saturated rings. The number of hydrogen-bond donors (Lipinski definition) is 0. The average molecular weight is 372 g/mol. The van der Waals surface area contributed by atoms with Crippen molar-refractivity contribution in [2.75, 3.05) is 62.3 Å². The molecule has 0 saturated carbocycles. The molecule has 2 saturated heterocycles.